The Balaban J connectivity index is 1.84. The van der Waals surface area contributed by atoms with E-state index in [4.69, 9.17) is 0 Å². The third-order valence-corrected chi connectivity index (χ3v) is 5.29. The van der Waals surface area contributed by atoms with Crippen molar-refractivity contribution in [3.63, 3.8) is 0 Å². The Labute approximate surface area is 188 Å². The van der Waals surface area contributed by atoms with Crippen LogP contribution >= 0.6 is 0 Å². The van der Waals surface area contributed by atoms with E-state index in [1.807, 2.05) is 0 Å². The monoisotopic (exact) mass is 507 g/mol. The fourth-order valence-corrected chi connectivity index (χ4v) is 3.49. The quantitative estimate of drug-likeness (QED) is 0.483. The van der Waals surface area contributed by atoms with Gasteiger partial charge >= 0.3 is 18.5 Å². The molecule has 34 heavy (non-hydrogen) atoms. The Hall–Kier alpha value is -2.51. The van der Waals surface area contributed by atoms with Crippen LogP contribution in [0.15, 0.2) is 18.2 Å². The van der Waals surface area contributed by atoms with Crippen LogP contribution in [0.4, 0.5) is 39.5 Å². The lowest BCUT2D eigenvalue weighted by molar-refractivity contribution is -0.143. The van der Waals surface area contributed by atoms with Crippen LogP contribution in [0.2, 0.25) is 0 Å². The van der Waals surface area contributed by atoms with Gasteiger partial charge in [-0.3, -0.25) is 9.59 Å². The summed E-state index contributed by atoms with van der Waals surface area (Å²) in [6.07, 6.45) is -12.5. The molecular weight excluding hydrogens is 485 g/mol. The molecule has 1 aliphatic carbocycles. The molecule has 0 bridgehead atoms. The third-order valence-electron chi connectivity index (χ3n) is 5.29. The molecule has 0 heterocycles. The standard InChI is InChI=1S/C20H22F9N3O2/c21-18(22,23)10-32-16(33)9-30-15-3-1-11(2-4-15)8-31-17(34)12-5-13(19(24,25)26)7-14(6-12)20(27,28)29/h5-7,11,15,30H,1-4,8-10H2,(H,31,34)(H,32,33). The second-order valence-corrected chi connectivity index (χ2v) is 8.00. The van der Waals surface area contributed by atoms with Crippen molar-refractivity contribution >= 4 is 11.8 Å². The van der Waals surface area contributed by atoms with Gasteiger partial charge in [-0.1, -0.05) is 0 Å². The zero-order valence-electron chi connectivity index (χ0n) is 17.6. The minimum Gasteiger partial charge on any atom is -0.352 e. The Morgan fingerprint density at radius 3 is 1.79 bits per heavy atom. The van der Waals surface area contributed by atoms with Crippen LogP contribution < -0.4 is 16.0 Å². The summed E-state index contributed by atoms with van der Waals surface area (Å²) in [4.78, 5) is 23.7. The third kappa shape index (κ3) is 9.03. The molecule has 3 N–H and O–H groups in total. The first-order valence-electron chi connectivity index (χ1n) is 10.2. The summed E-state index contributed by atoms with van der Waals surface area (Å²) in [6, 6.07) is 0.500. The van der Waals surface area contributed by atoms with E-state index in [2.05, 4.69) is 10.6 Å². The summed E-state index contributed by atoms with van der Waals surface area (Å²) in [6.45, 7) is -1.72. The molecule has 5 nitrogen and oxygen atoms in total. The molecule has 0 saturated heterocycles. The lowest BCUT2D eigenvalue weighted by Crippen LogP contribution is -2.43. The van der Waals surface area contributed by atoms with Gasteiger partial charge in [-0.25, -0.2) is 0 Å². The van der Waals surface area contributed by atoms with Crippen LogP contribution in [0.1, 0.15) is 47.2 Å². The molecule has 1 aliphatic rings. The van der Waals surface area contributed by atoms with Crippen molar-refractivity contribution in [3.05, 3.63) is 34.9 Å². The predicted molar refractivity (Wildman–Crippen MR) is 102 cm³/mol. The maximum Gasteiger partial charge on any atom is 0.416 e. The van der Waals surface area contributed by atoms with Crippen LogP contribution in [0.3, 0.4) is 0 Å². The molecule has 0 spiro atoms. The lowest BCUT2D eigenvalue weighted by Gasteiger charge is -2.29. The Morgan fingerprint density at radius 2 is 1.32 bits per heavy atom. The number of amides is 2. The smallest absolute Gasteiger partial charge is 0.352 e. The zero-order chi connectivity index (χ0) is 25.7. The van der Waals surface area contributed by atoms with Crippen LogP contribution in [0.25, 0.3) is 0 Å². The van der Waals surface area contributed by atoms with Crippen molar-refractivity contribution in [2.75, 3.05) is 19.6 Å². The van der Waals surface area contributed by atoms with Gasteiger partial charge in [0.05, 0.1) is 17.7 Å². The summed E-state index contributed by atoms with van der Waals surface area (Å²) >= 11 is 0. The van der Waals surface area contributed by atoms with Gasteiger partial charge in [0.25, 0.3) is 5.91 Å². The highest BCUT2D eigenvalue weighted by Crippen LogP contribution is 2.36. The normalized spacial score (nSPS) is 19.6. The summed E-state index contributed by atoms with van der Waals surface area (Å²) in [5.74, 6) is -1.99. The lowest BCUT2D eigenvalue weighted by atomic mass is 9.86. The minimum atomic E-state index is -5.06. The first-order valence-corrected chi connectivity index (χ1v) is 10.2. The number of nitrogens with one attached hydrogen (secondary N) is 3. The second-order valence-electron chi connectivity index (χ2n) is 8.00. The van der Waals surface area contributed by atoms with E-state index < -0.39 is 53.6 Å². The molecule has 1 saturated carbocycles. The highest BCUT2D eigenvalue weighted by molar-refractivity contribution is 5.94. The van der Waals surface area contributed by atoms with E-state index >= 15 is 0 Å². The molecule has 0 atom stereocenters. The van der Waals surface area contributed by atoms with E-state index in [-0.39, 0.29) is 31.1 Å². The molecule has 2 amide bonds. The SMILES string of the molecule is O=C(CNC1CCC(CNC(=O)c2cc(C(F)(F)F)cc(C(F)(F)F)c2)CC1)NCC(F)(F)F. The van der Waals surface area contributed by atoms with Crippen molar-refractivity contribution in [3.8, 4) is 0 Å². The molecule has 1 aromatic rings. The number of hydrogen-bond acceptors (Lipinski definition) is 3. The van der Waals surface area contributed by atoms with Crippen molar-refractivity contribution in [2.45, 2.75) is 50.3 Å². The Bertz CT molecular complexity index is 826. The molecule has 1 aromatic carbocycles. The van der Waals surface area contributed by atoms with Crippen molar-refractivity contribution in [1.82, 2.24) is 16.0 Å². The molecule has 0 aliphatic heterocycles. The summed E-state index contributed by atoms with van der Waals surface area (Å²) in [7, 11) is 0. The van der Waals surface area contributed by atoms with Crippen molar-refractivity contribution in [2.24, 2.45) is 5.92 Å². The van der Waals surface area contributed by atoms with E-state index in [9.17, 15) is 49.1 Å². The fraction of sp³-hybridized carbons (Fsp3) is 0.600. The average Bonchev–Trinajstić information content (AvgIpc) is 2.73. The molecule has 14 heteroatoms. The van der Waals surface area contributed by atoms with Crippen molar-refractivity contribution in [1.29, 1.82) is 0 Å². The molecule has 2 rings (SSSR count). The van der Waals surface area contributed by atoms with Crippen molar-refractivity contribution < 1.29 is 49.1 Å². The van der Waals surface area contributed by atoms with Gasteiger partial charge in [0.15, 0.2) is 0 Å². The van der Waals surface area contributed by atoms with E-state index in [0.717, 1.165) is 0 Å². The average molecular weight is 507 g/mol. The largest absolute Gasteiger partial charge is 0.416 e. The predicted octanol–water partition coefficient (Wildman–Crippen LogP) is 4.28. The number of rotatable bonds is 7. The van der Waals surface area contributed by atoms with Gasteiger partial charge in [-0.05, 0) is 49.8 Å². The second kappa shape index (κ2) is 10.8. The van der Waals surface area contributed by atoms with Crippen LogP contribution in [-0.2, 0) is 17.1 Å². The highest BCUT2D eigenvalue weighted by atomic mass is 19.4. The van der Waals surface area contributed by atoms with Gasteiger partial charge in [-0.15, -0.1) is 0 Å². The highest BCUT2D eigenvalue weighted by Gasteiger charge is 2.37. The first-order chi connectivity index (χ1) is 15.5. The topological polar surface area (TPSA) is 70.2 Å². The van der Waals surface area contributed by atoms with Gasteiger partial charge in [0, 0.05) is 18.2 Å². The van der Waals surface area contributed by atoms with Gasteiger partial charge in [-0.2, -0.15) is 39.5 Å². The minimum absolute atomic E-state index is 0.0230. The van der Waals surface area contributed by atoms with Gasteiger partial charge in [0.2, 0.25) is 5.91 Å². The molecular formula is C20H22F9N3O2. The van der Waals surface area contributed by atoms with E-state index in [1.165, 1.54) is 0 Å². The first kappa shape index (κ1) is 27.7. The number of alkyl halides is 9. The number of carbonyl (C=O) groups is 2. The van der Waals surface area contributed by atoms with Crippen LogP contribution in [0.5, 0.6) is 0 Å². The summed E-state index contributed by atoms with van der Waals surface area (Å²) in [5.41, 5.74) is -3.93. The number of halogens is 9. The Kier molecular flexibility index (Phi) is 8.83. The molecule has 192 valence electrons. The maximum atomic E-state index is 12.9. The van der Waals surface area contributed by atoms with E-state index in [1.54, 1.807) is 5.32 Å². The maximum absolute atomic E-state index is 12.9. The molecule has 1 fully saturated rings. The van der Waals surface area contributed by atoms with Gasteiger partial charge < -0.3 is 16.0 Å². The summed E-state index contributed by atoms with van der Waals surface area (Å²) in [5, 5.41) is 6.92. The Morgan fingerprint density at radius 1 is 0.794 bits per heavy atom. The van der Waals surface area contributed by atoms with E-state index in [0.29, 0.717) is 37.8 Å². The fourth-order valence-electron chi connectivity index (χ4n) is 3.49. The molecule has 0 aromatic heterocycles. The number of carbonyl (C=O) groups excluding carboxylic acids is 2. The number of benzene rings is 1. The summed E-state index contributed by atoms with van der Waals surface area (Å²) < 4.78 is 114. The zero-order valence-corrected chi connectivity index (χ0v) is 17.6. The number of hydrogen-bond donors (Lipinski definition) is 3. The van der Waals surface area contributed by atoms with Gasteiger partial charge in [0.1, 0.15) is 6.54 Å². The molecule has 0 radical (unpaired) electrons. The molecule has 0 unspecified atom stereocenters. The van der Waals surface area contributed by atoms with Crippen LogP contribution in [-0.4, -0.2) is 43.7 Å². The van der Waals surface area contributed by atoms with Crippen LogP contribution in [0, 0.1) is 5.92 Å².